The first-order valence-corrected chi connectivity index (χ1v) is 10.4. The average Bonchev–Trinajstić information content (AvgIpc) is 2.56. The lowest BCUT2D eigenvalue weighted by atomic mass is 10.0. The van der Waals surface area contributed by atoms with Gasteiger partial charge >= 0.3 is 5.97 Å². The fourth-order valence-corrected chi connectivity index (χ4v) is 2.94. The zero-order valence-electron chi connectivity index (χ0n) is 16.2. The summed E-state index contributed by atoms with van der Waals surface area (Å²) in [6, 6.07) is 0. The van der Waals surface area contributed by atoms with Crippen molar-refractivity contribution in [3.05, 3.63) is 0 Å². The van der Waals surface area contributed by atoms with E-state index in [1.165, 1.54) is 77.0 Å². The van der Waals surface area contributed by atoms with Gasteiger partial charge in [-0.2, -0.15) is 0 Å². The van der Waals surface area contributed by atoms with Crippen LogP contribution < -0.4 is 0 Å². The highest BCUT2D eigenvalue weighted by atomic mass is 16.5. The van der Waals surface area contributed by atoms with Gasteiger partial charge in [-0.05, 0) is 18.8 Å². The molecule has 0 aliphatic rings. The molecule has 0 spiro atoms. The maximum absolute atomic E-state index is 11.8. The third-order valence-corrected chi connectivity index (χ3v) is 4.76. The number of esters is 1. The molecule has 2 heteroatoms. The van der Waals surface area contributed by atoms with Gasteiger partial charge in [0.15, 0.2) is 0 Å². The fourth-order valence-electron chi connectivity index (χ4n) is 2.94. The van der Waals surface area contributed by atoms with E-state index in [4.69, 9.17) is 4.74 Å². The van der Waals surface area contributed by atoms with Crippen molar-refractivity contribution in [1.29, 1.82) is 0 Å². The van der Waals surface area contributed by atoms with Gasteiger partial charge in [0, 0.05) is 6.42 Å². The Kier molecular flexibility index (Phi) is 17.4. The molecule has 0 N–H and O–H groups in total. The highest BCUT2D eigenvalue weighted by molar-refractivity contribution is 5.69. The molecule has 0 amide bonds. The van der Waals surface area contributed by atoms with E-state index < -0.39 is 0 Å². The smallest absolute Gasteiger partial charge is 0.305 e. The Morgan fingerprint density at radius 3 is 1.78 bits per heavy atom. The van der Waals surface area contributed by atoms with Crippen molar-refractivity contribution in [2.24, 2.45) is 5.92 Å². The van der Waals surface area contributed by atoms with Gasteiger partial charge in [-0.1, -0.05) is 97.8 Å². The van der Waals surface area contributed by atoms with E-state index in [1.54, 1.807) is 0 Å². The van der Waals surface area contributed by atoms with Crippen LogP contribution in [-0.2, 0) is 9.53 Å². The SMILES string of the molecule is CCCCCCCCCCCCC(=O)OCC(CC)CCCC. The third-order valence-electron chi connectivity index (χ3n) is 4.76. The lowest BCUT2D eigenvalue weighted by molar-refractivity contribution is -0.145. The Hall–Kier alpha value is -0.530. The van der Waals surface area contributed by atoms with Gasteiger partial charge in [0.2, 0.25) is 0 Å². The highest BCUT2D eigenvalue weighted by Gasteiger charge is 2.09. The van der Waals surface area contributed by atoms with Crippen LogP contribution in [0.2, 0.25) is 0 Å². The second-order valence-electron chi connectivity index (χ2n) is 7.03. The summed E-state index contributed by atoms with van der Waals surface area (Å²) in [7, 11) is 0. The quantitative estimate of drug-likeness (QED) is 0.211. The van der Waals surface area contributed by atoms with Gasteiger partial charge in [0.25, 0.3) is 0 Å². The summed E-state index contributed by atoms with van der Waals surface area (Å²) < 4.78 is 5.44. The number of carbonyl (C=O) groups excluding carboxylic acids is 1. The van der Waals surface area contributed by atoms with Gasteiger partial charge in [-0.3, -0.25) is 4.79 Å². The van der Waals surface area contributed by atoms with Crippen LogP contribution in [0.4, 0.5) is 0 Å². The lowest BCUT2D eigenvalue weighted by Crippen LogP contribution is -2.13. The van der Waals surface area contributed by atoms with Gasteiger partial charge in [0.05, 0.1) is 6.61 Å². The molecule has 2 nitrogen and oxygen atoms in total. The average molecular weight is 327 g/mol. The highest BCUT2D eigenvalue weighted by Crippen LogP contribution is 2.14. The Bertz CT molecular complexity index is 250. The second kappa shape index (κ2) is 17.8. The van der Waals surface area contributed by atoms with Crippen LogP contribution in [-0.4, -0.2) is 12.6 Å². The summed E-state index contributed by atoms with van der Waals surface area (Å²) in [5.41, 5.74) is 0. The van der Waals surface area contributed by atoms with Crippen molar-refractivity contribution in [3.8, 4) is 0 Å². The van der Waals surface area contributed by atoms with E-state index >= 15 is 0 Å². The van der Waals surface area contributed by atoms with Crippen molar-refractivity contribution < 1.29 is 9.53 Å². The zero-order valence-corrected chi connectivity index (χ0v) is 16.2. The van der Waals surface area contributed by atoms with E-state index in [1.807, 2.05) is 0 Å². The first-order valence-electron chi connectivity index (χ1n) is 10.4. The molecule has 0 aliphatic heterocycles. The van der Waals surface area contributed by atoms with Crippen molar-refractivity contribution >= 4 is 5.97 Å². The van der Waals surface area contributed by atoms with Crippen molar-refractivity contribution in [3.63, 3.8) is 0 Å². The van der Waals surface area contributed by atoms with Crippen LogP contribution in [0.1, 0.15) is 117 Å². The van der Waals surface area contributed by atoms with Gasteiger partial charge in [0.1, 0.15) is 0 Å². The molecule has 0 saturated carbocycles. The second-order valence-corrected chi connectivity index (χ2v) is 7.03. The number of carbonyl (C=O) groups is 1. The summed E-state index contributed by atoms with van der Waals surface area (Å²) in [6.45, 7) is 7.30. The van der Waals surface area contributed by atoms with Gasteiger partial charge in [-0.25, -0.2) is 0 Å². The summed E-state index contributed by atoms with van der Waals surface area (Å²) >= 11 is 0. The van der Waals surface area contributed by atoms with E-state index in [9.17, 15) is 4.79 Å². The monoisotopic (exact) mass is 326 g/mol. The molecule has 0 rings (SSSR count). The largest absolute Gasteiger partial charge is 0.465 e. The summed E-state index contributed by atoms with van der Waals surface area (Å²) in [6.07, 6.45) is 18.4. The summed E-state index contributed by atoms with van der Waals surface area (Å²) in [4.78, 5) is 11.8. The fraction of sp³-hybridized carbons (Fsp3) is 0.952. The minimum Gasteiger partial charge on any atom is -0.465 e. The van der Waals surface area contributed by atoms with Gasteiger partial charge in [-0.15, -0.1) is 0 Å². The Labute approximate surface area is 145 Å². The van der Waals surface area contributed by atoms with E-state index in [0.29, 0.717) is 18.9 Å². The van der Waals surface area contributed by atoms with Crippen LogP contribution in [0.5, 0.6) is 0 Å². The molecule has 138 valence electrons. The number of hydrogen-bond acceptors (Lipinski definition) is 2. The number of hydrogen-bond donors (Lipinski definition) is 0. The van der Waals surface area contributed by atoms with Gasteiger partial charge < -0.3 is 4.74 Å². The van der Waals surface area contributed by atoms with Crippen molar-refractivity contribution in [2.75, 3.05) is 6.61 Å². The first-order chi connectivity index (χ1) is 11.2. The molecule has 0 heterocycles. The Morgan fingerprint density at radius 1 is 0.739 bits per heavy atom. The van der Waals surface area contributed by atoms with Crippen LogP contribution in [0.3, 0.4) is 0 Å². The van der Waals surface area contributed by atoms with Crippen LogP contribution in [0.15, 0.2) is 0 Å². The molecular weight excluding hydrogens is 284 g/mol. The molecule has 0 radical (unpaired) electrons. The van der Waals surface area contributed by atoms with Crippen molar-refractivity contribution in [1.82, 2.24) is 0 Å². The molecule has 1 atom stereocenters. The molecule has 23 heavy (non-hydrogen) atoms. The van der Waals surface area contributed by atoms with E-state index in [2.05, 4.69) is 20.8 Å². The normalized spacial score (nSPS) is 12.3. The first kappa shape index (κ1) is 22.5. The molecule has 0 aliphatic carbocycles. The minimum absolute atomic E-state index is 0.0134. The molecule has 0 aromatic rings. The predicted octanol–water partition coefficient (Wildman–Crippen LogP) is 7.06. The molecule has 0 aromatic heterocycles. The number of rotatable bonds is 17. The maximum Gasteiger partial charge on any atom is 0.305 e. The third kappa shape index (κ3) is 16.1. The minimum atomic E-state index is 0.0134. The summed E-state index contributed by atoms with van der Waals surface area (Å²) in [5, 5.41) is 0. The summed E-state index contributed by atoms with van der Waals surface area (Å²) in [5.74, 6) is 0.575. The van der Waals surface area contributed by atoms with Crippen LogP contribution in [0, 0.1) is 5.92 Å². The molecule has 0 bridgehead atoms. The zero-order chi connectivity index (χ0) is 17.2. The van der Waals surface area contributed by atoms with Crippen molar-refractivity contribution in [2.45, 2.75) is 117 Å². The number of unbranched alkanes of at least 4 members (excludes halogenated alkanes) is 10. The molecular formula is C21H42O2. The molecule has 1 unspecified atom stereocenters. The van der Waals surface area contributed by atoms with E-state index in [-0.39, 0.29) is 5.97 Å². The molecule has 0 fully saturated rings. The standard InChI is InChI=1S/C21H42O2/c1-4-7-9-10-11-12-13-14-15-16-18-21(22)23-19-20(6-3)17-8-5-2/h20H,4-19H2,1-3H3. The van der Waals surface area contributed by atoms with E-state index in [0.717, 1.165) is 12.8 Å². The predicted molar refractivity (Wildman–Crippen MR) is 101 cm³/mol. The van der Waals surface area contributed by atoms with Crippen LogP contribution >= 0.6 is 0 Å². The molecule has 0 saturated heterocycles. The maximum atomic E-state index is 11.8. The molecule has 0 aromatic carbocycles. The Balaban J connectivity index is 3.36. The van der Waals surface area contributed by atoms with Crippen LogP contribution in [0.25, 0.3) is 0 Å². The Morgan fingerprint density at radius 2 is 1.26 bits per heavy atom. The number of ether oxygens (including phenoxy) is 1. The lowest BCUT2D eigenvalue weighted by Gasteiger charge is -2.14. The topological polar surface area (TPSA) is 26.3 Å².